The van der Waals surface area contributed by atoms with Crippen molar-refractivity contribution in [1.82, 2.24) is 4.98 Å². The lowest BCUT2D eigenvalue weighted by Crippen LogP contribution is -2.69. The molecule has 3 aromatic rings. The number of carbonyl (C=O) groups excluding carboxylic acids is 2. The van der Waals surface area contributed by atoms with Gasteiger partial charge in [-0.1, -0.05) is 6.07 Å². The first-order valence-corrected chi connectivity index (χ1v) is 11.1. The molecule has 158 valence electrons. The van der Waals surface area contributed by atoms with Gasteiger partial charge in [-0.3, -0.25) is 9.28 Å². The van der Waals surface area contributed by atoms with E-state index in [1.165, 1.54) is 0 Å². The molecular formula is C23H27N3O3S. The zero-order chi connectivity index (χ0) is 21.7. The van der Waals surface area contributed by atoms with Crippen LogP contribution in [0.2, 0.25) is 0 Å². The molecule has 3 N–H and O–H groups in total. The number of quaternary nitrogens is 1. The summed E-state index contributed by atoms with van der Waals surface area (Å²) in [5.74, 6) is -0.248. The van der Waals surface area contributed by atoms with Gasteiger partial charge >= 0.3 is 0 Å². The van der Waals surface area contributed by atoms with Crippen LogP contribution >= 0.6 is 11.3 Å². The lowest BCUT2D eigenvalue weighted by Gasteiger charge is -2.51. The lowest BCUT2D eigenvalue weighted by atomic mass is 9.85. The van der Waals surface area contributed by atoms with Crippen LogP contribution in [0.15, 0.2) is 35.8 Å². The first kappa shape index (κ1) is 20.6. The molecule has 7 heteroatoms. The number of aromatic amines is 1. The number of amides is 2. The Balaban J connectivity index is 1.74. The molecule has 30 heavy (non-hydrogen) atoms. The zero-order valence-corrected chi connectivity index (χ0v) is 18.3. The fourth-order valence-electron chi connectivity index (χ4n) is 4.82. The standard InChI is InChI=1S/C23H27N3O3S/c1-23(2,3)26(22(28)29)8-6-14(7-9-26)18-13-25-20-16(18)11-15(12-17(20)21(24)27)19-5-4-10-30-19/h4-5,10-14H,6-9H2,1-3H3,(H3-,24,25,27,28,29). The van der Waals surface area contributed by atoms with Crippen LogP contribution in [-0.2, 0) is 0 Å². The highest BCUT2D eigenvalue weighted by Gasteiger charge is 2.45. The van der Waals surface area contributed by atoms with Crippen molar-refractivity contribution in [2.75, 3.05) is 13.1 Å². The van der Waals surface area contributed by atoms with E-state index in [0.29, 0.717) is 18.7 Å². The van der Waals surface area contributed by atoms with Crippen LogP contribution in [-0.4, -0.2) is 40.1 Å². The van der Waals surface area contributed by atoms with E-state index in [9.17, 15) is 14.7 Å². The Bertz CT molecular complexity index is 1100. The average Bonchev–Trinajstić information content (AvgIpc) is 3.36. The fraction of sp³-hybridized carbons (Fsp3) is 0.391. The van der Waals surface area contributed by atoms with Crippen LogP contribution in [0, 0.1) is 0 Å². The third-order valence-corrected chi connectivity index (χ3v) is 7.60. The summed E-state index contributed by atoms with van der Waals surface area (Å²) in [5.41, 5.74) is 8.58. The predicted molar refractivity (Wildman–Crippen MR) is 117 cm³/mol. The number of nitrogens with one attached hydrogen (secondary N) is 1. The van der Waals surface area contributed by atoms with Gasteiger partial charge in [0.15, 0.2) is 0 Å². The highest BCUT2D eigenvalue weighted by molar-refractivity contribution is 7.13. The quantitative estimate of drug-likeness (QED) is 0.624. The molecule has 1 aliphatic rings. The smallest absolute Gasteiger partial charge is 0.257 e. The average molecular weight is 426 g/mol. The van der Waals surface area contributed by atoms with Crippen LogP contribution < -0.4 is 10.8 Å². The summed E-state index contributed by atoms with van der Waals surface area (Å²) in [4.78, 5) is 28.5. The molecule has 3 heterocycles. The predicted octanol–water partition coefficient (Wildman–Crippen LogP) is 3.83. The van der Waals surface area contributed by atoms with Crippen LogP contribution in [0.1, 0.15) is 55.5 Å². The van der Waals surface area contributed by atoms with E-state index in [4.69, 9.17) is 5.73 Å². The topological polar surface area (TPSA) is 99.0 Å². The van der Waals surface area contributed by atoms with Gasteiger partial charge < -0.3 is 20.6 Å². The molecule has 1 fully saturated rings. The maximum absolute atomic E-state index is 12.1. The van der Waals surface area contributed by atoms with Gasteiger partial charge in [0.05, 0.1) is 29.7 Å². The van der Waals surface area contributed by atoms with Crippen molar-refractivity contribution in [1.29, 1.82) is 0 Å². The summed E-state index contributed by atoms with van der Waals surface area (Å²) >= 11 is 1.62. The second-order valence-electron chi connectivity index (χ2n) is 9.16. The second kappa shape index (κ2) is 7.25. The van der Waals surface area contributed by atoms with Gasteiger partial charge in [-0.05, 0) is 61.4 Å². The summed E-state index contributed by atoms with van der Waals surface area (Å²) in [6, 6.07) is 7.96. The van der Waals surface area contributed by atoms with Gasteiger partial charge in [0.2, 0.25) is 0 Å². The Morgan fingerprint density at radius 2 is 1.93 bits per heavy atom. The summed E-state index contributed by atoms with van der Waals surface area (Å²) in [6.07, 6.45) is 2.44. The largest absolute Gasteiger partial charge is 0.498 e. The minimum atomic E-state index is -1.00. The second-order valence-corrected chi connectivity index (χ2v) is 10.1. The van der Waals surface area contributed by atoms with Crippen LogP contribution in [0.3, 0.4) is 0 Å². The van der Waals surface area contributed by atoms with Crippen LogP contribution in [0.5, 0.6) is 0 Å². The van der Waals surface area contributed by atoms with E-state index in [-0.39, 0.29) is 10.4 Å². The van der Waals surface area contributed by atoms with Gasteiger partial charge in [0, 0.05) is 29.3 Å². The van der Waals surface area contributed by atoms with E-state index in [1.807, 2.05) is 50.5 Å². The number of likely N-dealkylation sites (tertiary alicyclic amines) is 1. The number of H-pyrrole nitrogens is 1. The number of benzene rings is 1. The number of hydrogen-bond donors (Lipinski definition) is 2. The van der Waals surface area contributed by atoms with Gasteiger partial charge in [0.1, 0.15) is 0 Å². The number of fused-ring (bicyclic) bond motifs is 1. The molecule has 0 atom stereocenters. The first-order valence-electron chi connectivity index (χ1n) is 10.2. The van der Waals surface area contributed by atoms with Crippen molar-refractivity contribution in [2.24, 2.45) is 5.73 Å². The summed E-state index contributed by atoms with van der Waals surface area (Å²) in [6.45, 7) is 6.93. The van der Waals surface area contributed by atoms with Crippen molar-refractivity contribution in [2.45, 2.75) is 45.1 Å². The molecule has 6 nitrogen and oxygen atoms in total. The molecule has 0 radical (unpaired) electrons. The van der Waals surface area contributed by atoms with Crippen LogP contribution in [0.25, 0.3) is 21.3 Å². The molecule has 1 aromatic carbocycles. The van der Waals surface area contributed by atoms with E-state index < -0.39 is 17.5 Å². The molecule has 1 aliphatic heterocycles. The van der Waals surface area contributed by atoms with Crippen LogP contribution in [0.4, 0.5) is 4.79 Å². The summed E-state index contributed by atoms with van der Waals surface area (Å²) in [5, 5.41) is 15.0. The van der Waals surface area contributed by atoms with Gasteiger partial charge in [-0.15, -0.1) is 11.3 Å². The van der Waals surface area contributed by atoms with E-state index in [1.54, 1.807) is 11.3 Å². The molecule has 2 amide bonds. The maximum atomic E-state index is 12.1. The number of aromatic nitrogens is 1. The van der Waals surface area contributed by atoms with Crippen molar-refractivity contribution in [3.05, 3.63) is 47.0 Å². The highest BCUT2D eigenvalue weighted by Crippen LogP contribution is 2.41. The lowest BCUT2D eigenvalue weighted by molar-refractivity contribution is -0.924. The Hall–Kier alpha value is -2.64. The molecule has 0 aliphatic carbocycles. The minimum absolute atomic E-state index is 0.0289. The van der Waals surface area contributed by atoms with E-state index in [0.717, 1.165) is 39.7 Å². The number of rotatable bonds is 3. The Morgan fingerprint density at radius 1 is 1.23 bits per heavy atom. The Kier molecular flexibility index (Phi) is 4.98. The third-order valence-electron chi connectivity index (χ3n) is 6.68. The molecule has 0 saturated carbocycles. The van der Waals surface area contributed by atoms with Gasteiger partial charge in [-0.25, -0.2) is 0 Å². The molecule has 0 spiro atoms. The number of nitrogens with two attached hydrogens (primary N) is 1. The molecule has 4 rings (SSSR count). The number of thiophene rings is 1. The SMILES string of the molecule is CC(C)(C)[N+]1(C(=O)[O-])CCC(c2c[nH]c3c(C(N)=O)cc(-c4cccs4)cc23)CC1. The molecule has 0 unspecified atom stereocenters. The Labute approximate surface area is 179 Å². The Morgan fingerprint density at radius 3 is 2.47 bits per heavy atom. The highest BCUT2D eigenvalue weighted by atomic mass is 32.1. The molecule has 1 saturated heterocycles. The van der Waals surface area contributed by atoms with E-state index >= 15 is 0 Å². The van der Waals surface area contributed by atoms with E-state index in [2.05, 4.69) is 11.1 Å². The number of nitrogens with zero attached hydrogens (tertiary/aromatic N) is 1. The van der Waals surface area contributed by atoms with Crippen molar-refractivity contribution in [3.63, 3.8) is 0 Å². The molecular weight excluding hydrogens is 398 g/mol. The number of carboxylic acid groups (broad SMARTS) is 1. The van der Waals surface area contributed by atoms with Crippen molar-refractivity contribution >= 4 is 34.2 Å². The number of piperidine rings is 1. The van der Waals surface area contributed by atoms with Crippen molar-refractivity contribution in [3.8, 4) is 10.4 Å². The fourth-order valence-corrected chi connectivity index (χ4v) is 5.53. The maximum Gasteiger partial charge on any atom is 0.257 e. The number of primary amides is 1. The van der Waals surface area contributed by atoms with Gasteiger partial charge in [-0.2, -0.15) is 0 Å². The van der Waals surface area contributed by atoms with Gasteiger partial charge in [0.25, 0.3) is 12.0 Å². The number of carbonyl (C=O) groups is 2. The first-order chi connectivity index (χ1) is 14.1. The summed E-state index contributed by atoms with van der Waals surface area (Å²) < 4.78 is -0.0289. The van der Waals surface area contributed by atoms with Crippen molar-refractivity contribution < 1.29 is 19.2 Å². The number of hydrogen-bond acceptors (Lipinski definition) is 4. The monoisotopic (exact) mass is 425 g/mol. The molecule has 0 bridgehead atoms. The molecule has 2 aromatic heterocycles. The normalized spacial score (nSPS) is 22.3. The summed E-state index contributed by atoms with van der Waals surface area (Å²) in [7, 11) is 0. The minimum Gasteiger partial charge on any atom is -0.498 e. The third kappa shape index (κ3) is 3.22. The zero-order valence-electron chi connectivity index (χ0n) is 17.5.